The molecule has 130 valence electrons. The van der Waals surface area contributed by atoms with Gasteiger partial charge in [0.2, 0.25) is 17.7 Å². The molecule has 4 rings (SSSR count). The Morgan fingerprint density at radius 3 is 2.77 bits per heavy atom. The molecule has 0 aliphatic rings. The highest BCUT2D eigenvalue weighted by atomic mass is 16.4. The Balaban J connectivity index is 1.58. The Kier molecular flexibility index (Phi) is 3.96. The predicted molar refractivity (Wildman–Crippen MR) is 97.6 cm³/mol. The Labute approximate surface area is 149 Å². The van der Waals surface area contributed by atoms with Gasteiger partial charge in [0, 0.05) is 30.4 Å². The number of hydrogen-bond donors (Lipinski definition) is 1. The van der Waals surface area contributed by atoms with Crippen LogP contribution in [0.25, 0.3) is 22.4 Å². The lowest BCUT2D eigenvalue weighted by Gasteiger charge is -2.07. The molecule has 0 bridgehead atoms. The first-order valence-electron chi connectivity index (χ1n) is 8.20. The van der Waals surface area contributed by atoms with Crippen LogP contribution >= 0.6 is 0 Å². The van der Waals surface area contributed by atoms with E-state index in [0.717, 1.165) is 22.0 Å². The van der Waals surface area contributed by atoms with E-state index in [2.05, 4.69) is 20.5 Å². The molecule has 4 aromatic rings. The summed E-state index contributed by atoms with van der Waals surface area (Å²) in [4.78, 5) is 16.6. The molecule has 1 aromatic carbocycles. The van der Waals surface area contributed by atoms with E-state index in [1.807, 2.05) is 48.0 Å². The second-order valence-electron chi connectivity index (χ2n) is 6.11. The van der Waals surface area contributed by atoms with Crippen LogP contribution in [-0.4, -0.2) is 25.7 Å². The van der Waals surface area contributed by atoms with E-state index in [4.69, 9.17) is 4.42 Å². The molecular weight excluding hydrogens is 330 g/mol. The van der Waals surface area contributed by atoms with Gasteiger partial charge < -0.3 is 14.3 Å². The minimum Gasteiger partial charge on any atom is -0.421 e. The van der Waals surface area contributed by atoms with Crippen molar-refractivity contribution in [3.05, 3.63) is 60.2 Å². The third-order valence-electron chi connectivity index (χ3n) is 4.04. The number of aromatic nitrogens is 4. The molecule has 0 saturated heterocycles. The summed E-state index contributed by atoms with van der Waals surface area (Å²) in [5.74, 6) is 1.38. The van der Waals surface area contributed by atoms with Crippen molar-refractivity contribution in [1.29, 1.82) is 0 Å². The standard InChI is InChI=1S/C19H17N5O2/c1-12-3-6-17(20-10-12)21-18(25)11-24-8-7-14-4-5-15(9-16(14)24)19-23-22-13(2)26-19/h3-10H,11H2,1-2H3,(H,20,21,25). The average Bonchev–Trinajstić information content (AvgIpc) is 3.23. The van der Waals surface area contributed by atoms with E-state index in [9.17, 15) is 4.79 Å². The molecule has 0 spiro atoms. The fraction of sp³-hybridized carbons (Fsp3) is 0.158. The van der Waals surface area contributed by atoms with Crippen molar-refractivity contribution in [3.63, 3.8) is 0 Å². The van der Waals surface area contributed by atoms with Crippen LogP contribution in [0, 0.1) is 13.8 Å². The lowest BCUT2D eigenvalue weighted by atomic mass is 10.1. The molecular formula is C19H17N5O2. The second-order valence-corrected chi connectivity index (χ2v) is 6.11. The second kappa shape index (κ2) is 6.44. The normalized spacial score (nSPS) is 11.0. The molecule has 0 unspecified atom stereocenters. The van der Waals surface area contributed by atoms with Gasteiger partial charge in [-0.25, -0.2) is 4.98 Å². The van der Waals surface area contributed by atoms with Gasteiger partial charge in [0.05, 0.1) is 0 Å². The zero-order chi connectivity index (χ0) is 18.1. The van der Waals surface area contributed by atoms with E-state index in [1.54, 1.807) is 19.2 Å². The van der Waals surface area contributed by atoms with Crippen molar-refractivity contribution in [2.45, 2.75) is 20.4 Å². The van der Waals surface area contributed by atoms with Gasteiger partial charge in [0.1, 0.15) is 12.4 Å². The number of fused-ring (bicyclic) bond motifs is 1. The van der Waals surface area contributed by atoms with Gasteiger partial charge in [-0.1, -0.05) is 12.1 Å². The number of anilines is 1. The molecule has 3 heterocycles. The highest BCUT2D eigenvalue weighted by molar-refractivity contribution is 5.91. The van der Waals surface area contributed by atoms with Crippen LogP contribution in [0.2, 0.25) is 0 Å². The lowest BCUT2D eigenvalue weighted by molar-refractivity contribution is -0.116. The Morgan fingerprint density at radius 1 is 1.15 bits per heavy atom. The third kappa shape index (κ3) is 3.19. The zero-order valence-corrected chi connectivity index (χ0v) is 14.4. The summed E-state index contributed by atoms with van der Waals surface area (Å²) in [6.07, 6.45) is 3.61. The minimum absolute atomic E-state index is 0.141. The van der Waals surface area contributed by atoms with Crippen LogP contribution in [0.15, 0.2) is 53.2 Å². The Hall–Kier alpha value is -3.48. The monoisotopic (exact) mass is 347 g/mol. The summed E-state index contributed by atoms with van der Waals surface area (Å²) >= 11 is 0. The number of nitrogens with one attached hydrogen (secondary N) is 1. The van der Waals surface area contributed by atoms with E-state index < -0.39 is 0 Å². The van der Waals surface area contributed by atoms with E-state index in [-0.39, 0.29) is 12.5 Å². The van der Waals surface area contributed by atoms with Gasteiger partial charge in [-0.3, -0.25) is 4.79 Å². The van der Waals surface area contributed by atoms with E-state index in [1.165, 1.54) is 0 Å². The number of aryl methyl sites for hydroxylation is 2. The van der Waals surface area contributed by atoms with E-state index in [0.29, 0.717) is 17.6 Å². The Bertz CT molecular complexity index is 1080. The molecule has 26 heavy (non-hydrogen) atoms. The summed E-state index contributed by atoms with van der Waals surface area (Å²) in [6.45, 7) is 3.89. The Morgan fingerprint density at radius 2 is 2.04 bits per heavy atom. The first-order valence-corrected chi connectivity index (χ1v) is 8.20. The van der Waals surface area contributed by atoms with Crippen LogP contribution in [0.3, 0.4) is 0 Å². The van der Waals surface area contributed by atoms with Crippen LogP contribution in [0.1, 0.15) is 11.5 Å². The van der Waals surface area contributed by atoms with Crippen molar-refractivity contribution in [3.8, 4) is 11.5 Å². The molecule has 0 aliphatic carbocycles. The highest BCUT2D eigenvalue weighted by Gasteiger charge is 2.11. The van der Waals surface area contributed by atoms with Crippen LogP contribution in [0.5, 0.6) is 0 Å². The van der Waals surface area contributed by atoms with Crippen LogP contribution < -0.4 is 5.32 Å². The van der Waals surface area contributed by atoms with Crippen molar-refractivity contribution < 1.29 is 9.21 Å². The van der Waals surface area contributed by atoms with Crippen molar-refractivity contribution >= 4 is 22.6 Å². The van der Waals surface area contributed by atoms with Crippen molar-refractivity contribution in [2.75, 3.05) is 5.32 Å². The SMILES string of the molecule is Cc1ccc(NC(=O)Cn2ccc3ccc(-c4nnc(C)o4)cc32)nc1. The molecule has 0 aliphatic heterocycles. The summed E-state index contributed by atoms with van der Waals surface area (Å²) in [5, 5.41) is 11.8. The zero-order valence-electron chi connectivity index (χ0n) is 14.4. The predicted octanol–water partition coefficient (Wildman–Crippen LogP) is 3.34. The van der Waals surface area contributed by atoms with Crippen molar-refractivity contribution in [1.82, 2.24) is 19.7 Å². The highest BCUT2D eigenvalue weighted by Crippen LogP contribution is 2.24. The molecule has 7 heteroatoms. The topological polar surface area (TPSA) is 85.8 Å². The number of pyridine rings is 1. The number of nitrogens with zero attached hydrogens (tertiary/aromatic N) is 4. The quantitative estimate of drug-likeness (QED) is 0.612. The van der Waals surface area contributed by atoms with E-state index >= 15 is 0 Å². The average molecular weight is 347 g/mol. The summed E-state index contributed by atoms with van der Waals surface area (Å²) in [6, 6.07) is 11.5. The smallest absolute Gasteiger partial charge is 0.247 e. The molecule has 1 N–H and O–H groups in total. The summed E-state index contributed by atoms with van der Waals surface area (Å²) < 4.78 is 7.37. The van der Waals surface area contributed by atoms with Crippen molar-refractivity contribution in [2.24, 2.45) is 0 Å². The van der Waals surface area contributed by atoms with Gasteiger partial charge in [0.15, 0.2) is 0 Å². The number of benzene rings is 1. The molecule has 0 radical (unpaired) electrons. The van der Waals surface area contributed by atoms with Gasteiger partial charge in [-0.15, -0.1) is 10.2 Å². The maximum Gasteiger partial charge on any atom is 0.247 e. The number of hydrogen-bond acceptors (Lipinski definition) is 5. The third-order valence-corrected chi connectivity index (χ3v) is 4.04. The van der Waals surface area contributed by atoms with Gasteiger partial charge in [0.25, 0.3) is 0 Å². The fourth-order valence-corrected chi connectivity index (χ4v) is 2.75. The molecule has 0 atom stereocenters. The number of carbonyl (C=O) groups excluding carboxylic acids is 1. The fourth-order valence-electron chi connectivity index (χ4n) is 2.75. The number of carbonyl (C=O) groups is 1. The minimum atomic E-state index is -0.141. The van der Waals surface area contributed by atoms with Gasteiger partial charge in [-0.05, 0) is 42.1 Å². The van der Waals surface area contributed by atoms with Gasteiger partial charge in [-0.2, -0.15) is 0 Å². The molecule has 0 saturated carbocycles. The lowest BCUT2D eigenvalue weighted by Crippen LogP contribution is -2.18. The molecule has 3 aromatic heterocycles. The maximum absolute atomic E-state index is 12.4. The summed E-state index contributed by atoms with van der Waals surface area (Å²) in [7, 11) is 0. The maximum atomic E-state index is 12.4. The largest absolute Gasteiger partial charge is 0.421 e. The van der Waals surface area contributed by atoms with Crippen LogP contribution in [-0.2, 0) is 11.3 Å². The number of amides is 1. The molecule has 0 fully saturated rings. The molecule has 1 amide bonds. The molecule has 7 nitrogen and oxygen atoms in total. The van der Waals surface area contributed by atoms with Crippen LogP contribution in [0.4, 0.5) is 5.82 Å². The first kappa shape index (κ1) is 16.0. The van der Waals surface area contributed by atoms with Gasteiger partial charge >= 0.3 is 0 Å². The summed E-state index contributed by atoms with van der Waals surface area (Å²) in [5.41, 5.74) is 2.78. The first-order chi connectivity index (χ1) is 12.6. The number of rotatable bonds is 4.